The predicted octanol–water partition coefficient (Wildman–Crippen LogP) is 0.461. The molecule has 1 N–H and O–H groups in total. The minimum Gasteiger partial charge on any atom is -0.508 e. The maximum atomic E-state index is 12.1. The Labute approximate surface area is 115 Å². The fourth-order valence-corrected chi connectivity index (χ4v) is 1.48. The number of hydrogen-bond acceptors (Lipinski definition) is 5. The zero-order valence-electron chi connectivity index (χ0n) is 11.4. The minimum absolute atomic E-state index is 0.210. The largest absolute Gasteiger partial charge is 0.508 e. The third-order valence-electron chi connectivity index (χ3n) is 2.63. The number of carbonyl (C=O) groups excluding carboxylic acids is 2. The lowest BCUT2D eigenvalue weighted by atomic mass is 10.1. The van der Waals surface area contributed by atoms with Gasteiger partial charge in [0.2, 0.25) is 5.91 Å². The number of amides is 2. The van der Waals surface area contributed by atoms with Gasteiger partial charge in [0.25, 0.3) is 11.6 Å². The Morgan fingerprint density at radius 3 is 2.40 bits per heavy atom. The van der Waals surface area contributed by atoms with Crippen molar-refractivity contribution in [3.8, 4) is 5.75 Å². The number of phenolic OH excluding ortho intramolecular Hbond substituents is 1. The summed E-state index contributed by atoms with van der Waals surface area (Å²) in [4.78, 5) is 36.2. The Balaban J connectivity index is 3.05. The van der Waals surface area contributed by atoms with Crippen molar-refractivity contribution in [2.75, 3.05) is 27.7 Å². The molecule has 8 nitrogen and oxygen atoms in total. The molecule has 20 heavy (non-hydrogen) atoms. The maximum Gasteiger partial charge on any atom is 0.282 e. The molecule has 0 unspecified atom stereocenters. The van der Waals surface area contributed by atoms with Crippen LogP contribution in [-0.4, -0.2) is 59.3 Å². The smallest absolute Gasteiger partial charge is 0.282 e. The van der Waals surface area contributed by atoms with Crippen LogP contribution in [0.25, 0.3) is 0 Å². The van der Waals surface area contributed by atoms with Crippen LogP contribution in [0.2, 0.25) is 0 Å². The van der Waals surface area contributed by atoms with Gasteiger partial charge in [-0.1, -0.05) is 0 Å². The van der Waals surface area contributed by atoms with E-state index in [1.54, 1.807) is 0 Å². The van der Waals surface area contributed by atoms with E-state index in [9.17, 15) is 24.8 Å². The van der Waals surface area contributed by atoms with Gasteiger partial charge in [0.05, 0.1) is 11.5 Å². The first-order valence-corrected chi connectivity index (χ1v) is 5.67. The second-order valence-electron chi connectivity index (χ2n) is 4.41. The van der Waals surface area contributed by atoms with Crippen molar-refractivity contribution in [3.05, 3.63) is 33.9 Å². The number of nitro benzene ring substituents is 1. The SMILES string of the molecule is CN(C)C(=O)CN(C)C(=O)c1cc(O)ccc1[N+](=O)[O-]. The number of nitro groups is 1. The predicted molar refractivity (Wildman–Crippen MR) is 70.4 cm³/mol. The van der Waals surface area contributed by atoms with E-state index in [1.807, 2.05) is 0 Å². The summed E-state index contributed by atoms with van der Waals surface area (Å²) in [6.45, 7) is -0.210. The van der Waals surface area contributed by atoms with E-state index in [0.717, 1.165) is 23.1 Å². The first-order valence-electron chi connectivity index (χ1n) is 5.67. The van der Waals surface area contributed by atoms with Gasteiger partial charge < -0.3 is 14.9 Å². The molecule has 0 spiro atoms. The van der Waals surface area contributed by atoms with Crippen LogP contribution in [0.4, 0.5) is 5.69 Å². The molecule has 0 aromatic heterocycles. The van der Waals surface area contributed by atoms with Gasteiger partial charge in [0.1, 0.15) is 11.3 Å². The van der Waals surface area contributed by atoms with Gasteiger partial charge in [-0.15, -0.1) is 0 Å². The normalized spacial score (nSPS) is 9.95. The summed E-state index contributed by atoms with van der Waals surface area (Å²) < 4.78 is 0. The molecule has 108 valence electrons. The Kier molecular flexibility index (Phi) is 4.63. The lowest BCUT2D eigenvalue weighted by Gasteiger charge is -2.19. The van der Waals surface area contributed by atoms with Crippen molar-refractivity contribution in [2.24, 2.45) is 0 Å². The summed E-state index contributed by atoms with van der Waals surface area (Å²) >= 11 is 0. The summed E-state index contributed by atoms with van der Waals surface area (Å²) in [7, 11) is 4.44. The number of phenols is 1. The van der Waals surface area contributed by atoms with Gasteiger partial charge in [-0.2, -0.15) is 0 Å². The Morgan fingerprint density at radius 2 is 1.90 bits per heavy atom. The molecule has 2 amide bonds. The number of rotatable bonds is 4. The third-order valence-corrected chi connectivity index (χ3v) is 2.63. The van der Waals surface area contributed by atoms with Crippen molar-refractivity contribution < 1.29 is 19.6 Å². The van der Waals surface area contributed by atoms with Crippen molar-refractivity contribution in [1.29, 1.82) is 0 Å². The highest BCUT2D eigenvalue weighted by Gasteiger charge is 2.24. The molecule has 0 saturated carbocycles. The van der Waals surface area contributed by atoms with E-state index < -0.39 is 16.5 Å². The standard InChI is InChI=1S/C12H15N3O5/c1-13(2)11(17)7-14(3)12(18)9-6-8(16)4-5-10(9)15(19)20/h4-6,16H,7H2,1-3H3. The van der Waals surface area contributed by atoms with Crippen LogP contribution in [-0.2, 0) is 4.79 Å². The number of aromatic hydroxyl groups is 1. The van der Waals surface area contributed by atoms with Crippen LogP contribution in [0.3, 0.4) is 0 Å². The maximum absolute atomic E-state index is 12.1. The molecule has 0 aliphatic carbocycles. The average Bonchev–Trinajstić information content (AvgIpc) is 2.36. The van der Waals surface area contributed by atoms with Gasteiger partial charge in [-0.3, -0.25) is 19.7 Å². The summed E-state index contributed by atoms with van der Waals surface area (Å²) in [6.07, 6.45) is 0. The molecule has 0 aliphatic rings. The van der Waals surface area contributed by atoms with E-state index in [4.69, 9.17) is 0 Å². The molecule has 0 radical (unpaired) electrons. The van der Waals surface area contributed by atoms with Crippen LogP contribution < -0.4 is 0 Å². The van der Waals surface area contributed by atoms with Crippen LogP contribution in [0, 0.1) is 10.1 Å². The molecule has 0 atom stereocenters. The quantitative estimate of drug-likeness (QED) is 0.637. The molecule has 0 bridgehead atoms. The van der Waals surface area contributed by atoms with Gasteiger partial charge in [0.15, 0.2) is 0 Å². The minimum atomic E-state index is -0.714. The zero-order chi connectivity index (χ0) is 15.4. The van der Waals surface area contributed by atoms with E-state index in [2.05, 4.69) is 0 Å². The Bertz CT molecular complexity index is 556. The molecule has 0 saturated heterocycles. The number of hydrogen-bond donors (Lipinski definition) is 1. The highest BCUT2D eigenvalue weighted by molar-refractivity contribution is 6.00. The molecular formula is C12H15N3O5. The van der Waals surface area contributed by atoms with Crippen LogP contribution in [0.1, 0.15) is 10.4 Å². The molecule has 0 heterocycles. The molecule has 0 fully saturated rings. The van der Waals surface area contributed by atoms with Crippen LogP contribution in [0.15, 0.2) is 18.2 Å². The van der Waals surface area contributed by atoms with Gasteiger partial charge in [-0.05, 0) is 12.1 Å². The Morgan fingerprint density at radius 1 is 1.30 bits per heavy atom. The first kappa shape index (κ1) is 15.4. The fraction of sp³-hybridized carbons (Fsp3) is 0.333. The molecule has 0 aliphatic heterocycles. The number of benzene rings is 1. The Hall–Kier alpha value is -2.64. The lowest BCUT2D eigenvalue weighted by molar-refractivity contribution is -0.385. The number of nitrogens with zero attached hydrogens (tertiary/aromatic N) is 3. The van der Waals surface area contributed by atoms with Gasteiger partial charge in [0, 0.05) is 27.2 Å². The lowest BCUT2D eigenvalue weighted by Crippen LogP contribution is -2.37. The summed E-state index contributed by atoms with van der Waals surface area (Å²) in [5.41, 5.74) is -0.680. The molecule has 1 aromatic rings. The van der Waals surface area contributed by atoms with E-state index in [-0.39, 0.29) is 23.8 Å². The average molecular weight is 281 g/mol. The van der Waals surface area contributed by atoms with Crippen molar-refractivity contribution >= 4 is 17.5 Å². The molecular weight excluding hydrogens is 266 g/mol. The fourth-order valence-electron chi connectivity index (χ4n) is 1.48. The topological polar surface area (TPSA) is 104 Å². The van der Waals surface area contributed by atoms with Gasteiger partial charge in [-0.25, -0.2) is 0 Å². The van der Waals surface area contributed by atoms with Crippen LogP contribution >= 0.6 is 0 Å². The van der Waals surface area contributed by atoms with Gasteiger partial charge >= 0.3 is 0 Å². The second-order valence-corrected chi connectivity index (χ2v) is 4.41. The second kappa shape index (κ2) is 6.00. The first-order chi connectivity index (χ1) is 9.23. The van der Waals surface area contributed by atoms with Crippen molar-refractivity contribution in [2.45, 2.75) is 0 Å². The molecule has 1 aromatic carbocycles. The van der Waals surface area contributed by atoms with Crippen LogP contribution in [0.5, 0.6) is 5.75 Å². The zero-order valence-corrected chi connectivity index (χ0v) is 11.4. The van der Waals surface area contributed by atoms with Crippen molar-refractivity contribution in [3.63, 3.8) is 0 Å². The molecule has 8 heteroatoms. The summed E-state index contributed by atoms with van der Waals surface area (Å²) in [6, 6.07) is 3.18. The van der Waals surface area contributed by atoms with E-state index >= 15 is 0 Å². The van der Waals surface area contributed by atoms with E-state index in [0.29, 0.717) is 0 Å². The monoisotopic (exact) mass is 281 g/mol. The number of likely N-dealkylation sites (N-methyl/N-ethyl adjacent to an activating group) is 2. The number of carbonyl (C=O) groups is 2. The highest BCUT2D eigenvalue weighted by Crippen LogP contribution is 2.24. The summed E-state index contributed by atoms with van der Waals surface area (Å²) in [5.74, 6) is -1.28. The summed E-state index contributed by atoms with van der Waals surface area (Å²) in [5, 5.41) is 20.2. The molecule has 1 rings (SSSR count). The third kappa shape index (κ3) is 3.44. The van der Waals surface area contributed by atoms with Crippen molar-refractivity contribution in [1.82, 2.24) is 9.80 Å². The van der Waals surface area contributed by atoms with E-state index in [1.165, 1.54) is 26.0 Å². The highest BCUT2D eigenvalue weighted by atomic mass is 16.6.